The topological polar surface area (TPSA) is 66.9 Å². The Hall–Kier alpha value is -1.60. The molecule has 1 aromatic carbocycles. The lowest BCUT2D eigenvalue weighted by Crippen LogP contribution is -2.50. The van der Waals surface area contributed by atoms with Gasteiger partial charge in [-0.1, -0.05) is 26.8 Å². The highest BCUT2D eigenvalue weighted by Gasteiger charge is 2.29. The van der Waals surface area contributed by atoms with Crippen molar-refractivity contribution in [2.45, 2.75) is 33.1 Å². The second-order valence-corrected chi connectivity index (χ2v) is 9.51. The fourth-order valence-corrected chi connectivity index (χ4v) is 3.95. The molecule has 1 saturated heterocycles. The van der Waals surface area contributed by atoms with Crippen molar-refractivity contribution in [3.63, 3.8) is 0 Å². The molecular weight excluding hydrogens is 340 g/mol. The van der Waals surface area contributed by atoms with E-state index in [0.717, 1.165) is 5.56 Å². The third-order valence-corrected chi connectivity index (χ3v) is 6.46. The van der Waals surface area contributed by atoms with Gasteiger partial charge < -0.3 is 9.64 Å². The van der Waals surface area contributed by atoms with E-state index in [0.29, 0.717) is 37.5 Å². The molecule has 0 bridgehead atoms. The average Bonchev–Trinajstić information content (AvgIpc) is 2.59. The summed E-state index contributed by atoms with van der Waals surface area (Å²) >= 11 is 0. The van der Waals surface area contributed by atoms with Crippen LogP contribution in [0.1, 0.15) is 43.6 Å². The van der Waals surface area contributed by atoms with Gasteiger partial charge in [0.15, 0.2) is 0 Å². The van der Waals surface area contributed by atoms with Gasteiger partial charge >= 0.3 is 0 Å². The minimum Gasteiger partial charge on any atom is -0.496 e. The molecule has 0 unspecified atom stereocenters. The first-order chi connectivity index (χ1) is 11.6. The van der Waals surface area contributed by atoms with E-state index in [2.05, 4.69) is 20.8 Å². The Kier molecular flexibility index (Phi) is 5.79. The smallest absolute Gasteiger partial charge is 0.257 e. The largest absolute Gasteiger partial charge is 0.496 e. The summed E-state index contributed by atoms with van der Waals surface area (Å²) in [6.45, 7) is 9.37. The van der Waals surface area contributed by atoms with Gasteiger partial charge in [0.05, 0.1) is 18.4 Å². The molecule has 7 heteroatoms. The van der Waals surface area contributed by atoms with Crippen molar-refractivity contribution in [1.29, 1.82) is 0 Å². The highest BCUT2D eigenvalue weighted by molar-refractivity contribution is 7.89. The predicted octanol–water partition coefficient (Wildman–Crippen LogP) is 2.10. The predicted molar refractivity (Wildman–Crippen MR) is 98.6 cm³/mol. The van der Waals surface area contributed by atoms with Gasteiger partial charge in [-0.15, -0.1) is 0 Å². The fraction of sp³-hybridized carbons (Fsp3) is 0.611. The Morgan fingerprint density at radius 1 is 1.16 bits per heavy atom. The van der Waals surface area contributed by atoms with Crippen LogP contribution in [0.2, 0.25) is 0 Å². The molecule has 0 aromatic heterocycles. The van der Waals surface area contributed by atoms with E-state index in [-0.39, 0.29) is 17.1 Å². The standard InChI is InChI=1S/C18H28N2O4S/c1-6-25(22,23)20-11-9-19(10-12-20)17(21)15-13-14(18(2,3)4)7-8-16(15)24-5/h7-8,13H,6,9-12H2,1-5H3. The maximum atomic E-state index is 13.0. The molecule has 0 spiro atoms. The summed E-state index contributed by atoms with van der Waals surface area (Å²) in [7, 11) is -1.65. The molecular formula is C18H28N2O4S. The second kappa shape index (κ2) is 7.33. The van der Waals surface area contributed by atoms with E-state index in [1.807, 2.05) is 18.2 Å². The molecule has 0 saturated carbocycles. The van der Waals surface area contributed by atoms with Crippen molar-refractivity contribution in [3.05, 3.63) is 29.3 Å². The number of methoxy groups -OCH3 is 1. The molecule has 1 aliphatic rings. The van der Waals surface area contributed by atoms with Crippen LogP contribution in [-0.2, 0) is 15.4 Å². The van der Waals surface area contributed by atoms with Crippen LogP contribution >= 0.6 is 0 Å². The summed E-state index contributed by atoms with van der Waals surface area (Å²) in [5, 5.41) is 0. The van der Waals surface area contributed by atoms with E-state index in [1.165, 1.54) is 4.31 Å². The van der Waals surface area contributed by atoms with E-state index in [4.69, 9.17) is 4.74 Å². The maximum absolute atomic E-state index is 13.0. The molecule has 0 radical (unpaired) electrons. The maximum Gasteiger partial charge on any atom is 0.257 e. The second-order valence-electron chi connectivity index (χ2n) is 7.26. The van der Waals surface area contributed by atoms with Crippen molar-refractivity contribution in [3.8, 4) is 5.75 Å². The van der Waals surface area contributed by atoms with E-state index in [1.54, 1.807) is 18.9 Å². The van der Waals surface area contributed by atoms with Gasteiger partial charge in [-0.3, -0.25) is 4.79 Å². The number of amides is 1. The summed E-state index contributed by atoms with van der Waals surface area (Å²) in [6, 6.07) is 5.68. The zero-order valence-corrected chi connectivity index (χ0v) is 16.5. The van der Waals surface area contributed by atoms with Crippen LogP contribution < -0.4 is 4.74 Å². The minimum absolute atomic E-state index is 0.0742. The van der Waals surface area contributed by atoms with Gasteiger partial charge in [0.1, 0.15) is 5.75 Å². The van der Waals surface area contributed by atoms with Crippen molar-refractivity contribution < 1.29 is 17.9 Å². The number of sulfonamides is 1. The molecule has 1 aromatic rings. The number of piperazine rings is 1. The number of ether oxygens (including phenoxy) is 1. The van der Waals surface area contributed by atoms with Gasteiger partial charge in [-0.2, -0.15) is 4.31 Å². The van der Waals surface area contributed by atoms with Gasteiger partial charge in [-0.25, -0.2) is 8.42 Å². The Labute approximate surface area is 150 Å². The Morgan fingerprint density at radius 2 is 1.76 bits per heavy atom. The zero-order chi connectivity index (χ0) is 18.8. The number of nitrogens with zero attached hydrogens (tertiary/aromatic N) is 2. The van der Waals surface area contributed by atoms with Crippen LogP contribution in [0.25, 0.3) is 0 Å². The van der Waals surface area contributed by atoms with Crippen molar-refractivity contribution in [2.75, 3.05) is 39.0 Å². The van der Waals surface area contributed by atoms with Crippen molar-refractivity contribution in [1.82, 2.24) is 9.21 Å². The first-order valence-electron chi connectivity index (χ1n) is 8.55. The van der Waals surface area contributed by atoms with E-state index >= 15 is 0 Å². The van der Waals surface area contributed by atoms with Crippen LogP contribution in [-0.4, -0.2) is 62.6 Å². The van der Waals surface area contributed by atoms with Crippen molar-refractivity contribution in [2.24, 2.45) is 0 Å². The Morgan fingerprint density at radius 3 is 2.24 bits per heavy atom. The monoisotopic (exact) mass is 368 g/mol. The van der Waals surface area contributed by atoms with Gasteiger partial charge in [-0.05, 0) is 30.0 Å². The highest BCUT2D eigenvalue weighted by Crippen LogP contribution is 2.29. The molecule has 0 aliphatic carbocycles. The third-order valence-electron chi connectivity index (χ3n) is 4.58. The molecule has 0 atom stereocenters. The summed E-state index contributed by atoms with van der Waals surface area (Å²) in [5.41, 5.74) is 1.51. The Balaban J connectivity index is 2.21. The van der Waals surface area contributed by atoms with Crippen LogP contribution in [0.4, 0.5) is 0 Å². The molecule has 2 rings (SSSR count). The Bertz CT molecular complexity index is 730. The number of benzene rings is 1. The summed E-state index contributed by atoms with van der Waals surface area (Å²) in [5.74, 6) is 0.515. The van der Waals surface area contributed by atoms with E-state index in [9.17, 15) is 13.2 Å². The number of hydrogen-bond donors (Lipinski definition) is 0. The number of hydrogen-bond acceptors (Lipinski definition) is 4. The van der Waals surface area contributed by atoms with Gasteiger partial charge in [0.25, 0.3) is 5.91 Å². The SMILES string of the molecule is CCS(=O)(=O)N1CCN(C(=O)c2cc(C(C)(C)C)ccc2OC)CC1. The molecule has 140 valence electrons. The summed E-state index contributed by atoms with van der Waals surface area (Å²) in [6.07, 6.45) is 0. The lowest BCUT2D eigenvalue weighted by molar-refractivity contribution is 0.0694. The van der Waals surface area contributed by atoms with Crippen LogP contribution in [0.15, 0.2) is 18.2 Å². The van der Waals surface area contributed by atoms with Gasteiger partial charge in [0.2, 0.25) is 10.0 Å². The average molecular weight is 368 g/mol. The minimum atomic E-state index is -3.20. The third kappa shape index (κ3) is 4.33. The molecule has 25 heavy (non-hydrogen) atoms. The van der Waals surface area contributed by atoms with Crippen LogP contribution in [0, 0.1) is 0 Å². The normalized spacial score (nSPS) is 16.8. The molecule has 1 fully saturated rings. The lowest BCUT2D eigenvalue weighted by Gasteiger charge is -2.34. The quantitative estimate of drug-likeness (QED) is 0.816. The van der Waals surface area contributed by atoms with Crippen LogP contribution in [0.3, 0.4) is 0 Å². The van der Waals surface area contributed by atoms with Gasteiger partial charge in [0, 0.05) is 26.2 Å². The zero-order valence-electron chi connectivity index (χ0n) is 15.7. The molecule has 1 amide bonds. The first kappa shape index (κ1) is 19.7. The number of carbonyl (C=O) groups excluding carboxylic acids is 1. The summed E-state index contributed by atoms with van der Waals surface area (Å²) < 4.78 is 30.7. The van der Waals surface area contributed by atoms with E-state index < -0.39 is 10.0 Å². The lowest BCUT2D eigenvalue weighted by atomic mass is 9.86. The summed E-state index contributed by atoms with van der Waals surface area (Å²) in [4.78, 5) is 14.7. The molecule has 6 nitrogen and oxygen atoms in total. The fourth-order valence-electron chi connectivity index (χ4n) is 2.86. The first-order valence-corrected chi connectivity index (χ1v) is 10.2. The molecule has 1 heterocycles. The molecule has 0 N–H and O–H groups in total. The molecule has 1 aliphatic heterocycles. The highest BCUT2D eigenvalue weighted by atomic mass is 32.2. The number of carbonyl (C=O) groups is 1. The van der Waals surface area contributed by atoms with Crippen LogP contribution in [0.5, 0.6) is 5.75 Å². The van der Waals surface area contributed by atoms with Crippen molar-refractivity contribution >= 4 is 15.9 Å². The number of rotatable bonds is 4.